The van der Waals surface area contributed by atoms with Crippen LogP contribution in [0.1, 0.15) is 18.1 Å². The molecule has 164 valence electrons. The van der Waals surface area contributed by atoms with Gasteiger partial charge in [-0.2, -0.15) is 13.2 Å². The molecule has 0 spiro atoms. The Morgan fingerprint density at radius 1 is 1.10 bits per heavy atom. The van der Waals surface area contributed by atoms with E-state index in [0.29, 0.717) is 30.4 Å². The molecule has 2 amide bonds. The van der Waals surface area contributed by atoms with Gasteiger partial charge in [0, 0.05) is 24.4 Å². The van der Waals surface area contributed by atoms with E-state index in [1.165, 1.54) is 23.1 Å². The number of benzene rings is 2. The first kappa shape index (κ1) is 22.2. The highest BCUT2D eigenvalue weighted by atomic mass is 19.4. The highest BCUT2D eigenvalue weighted by molar-refractivity contribution is 5.98. The van der Waals surface area contributed by atoms with Crippen molar-refractivity contribution in [3.05, 3.63) is 59.7 Å². The summed E-state index contributed by atoms with van der Waals surface area (Å²) < 4.78 is 49.3. The molecule has 2 aromatic rings. The molecule has 3 rings (SSSR count). The van der Waals surface area contributed by atoms with Gasteiger partial charge in [0.15, 0.2) is 11.5 Å². The topological polar surface area (TPSA) is 67.9 Å². The number of likely N-dealkylation sites (N-methyl/N-ethyl adjacent to an activating group) is 1. The molecule has 0 bridgehead atoms. The number of nitrogens with zero attached hydrogens (tertiary/aromatic N) is 1. The van der Waals surface area contributed by atoms with E-state index in [1.54, 1.807) is 25.1 Å². The molecular formula is C22H21F3N2O4. The lowest BCUT2D eigenvalue weighted by Gasteiger charge is -2.20. The largest absolute Gasteiger partial charge is 0.486 e. The van der Waals surface area contributed by atoms with Gasteiger partial charge in [0.05, 0.1) is 5.56 Å². The number of ether oxygens (including phenoxy) is 2. The third-order valence-electron chi connectivity index (χ3n) is 4.49. The van der Waals surface area contributed by atoms with E-state index in [2.05, 4.69) is 5.32 Å². The number of amides is 2. The number of fused-ring (bicyclic) bond motifs is 1. The number of anilines is 1. The van der Waals surface area contributed by atoms with Crippen molar-refractivity contribution in [2.45, 2.75) is 13.1 Å². The molecule has 0 fully saturated rings. The van der Waals surface area contributed by atoms with Gasteiger partial charge in [0.25, 0.3) is 0 Å². The minimum atomic E-state index is -4.46. The van der Waals surface area contributed by atoms with E-state index < -0.39 is 23.6 Å². The summed E-state index contributed by atoms with van der Waals surface area (Å²) in [7, 11) is 0. The predicted molar refractivity (Wildman–Crippen MR) is 109 cm³/mol. The number of rotatable bonds is 6. The number of nitrogens with one attached hydrogen (secondary N) is 1. The molecule has 1 aliphatic heterocycles. The number of alkyl halides is 3. The second-order valence-electron chi connectivity index (χ2n) is 6.72. The zero-order valence-electron chi connectivity index (χ0n) is 16.7. The molecule has 1 N–H and O–H groups in total. The van der Waals surface area contributed by atoms with Crippen LogP contribution < -0.4 is 14.8 Å². The van der Waals surface area contributed by atoms with Crippen LogP contribution in [-0.4, -0.2) is 43.0 Å². The van der Waals surface area contributed by atoms with E-state index in [0.717, 1.165) is 18.2 Å². The molecule has 31 heavy (non-hydrogen) atoms. The predicted octanol–water partition coefficient (Wildman–Crippen LogP) is 3.98. The average molecular weight is 434 g/mol. The van der Waals surface area contributed by atoms with Crippen LogP contribution in [-0.2, 0) is 15.8 Å². The van der Waals surface area contributed by atoms with Crippen LogP contribution in [0.25, 0.3) is 6.08 Å². The van der Waals surface area contributed by atoms with Gasteiger partial charge in [0.2, 0.25) is 11.8 Å². The molecule has 2 aromatic carbocycles. The Labute approximate surface area is 177 Å². The first-order chi connectivity index (χ1) is 14.8. The molecule has 0 unspecified atom stereocenters. The minimum absolute atomic E-state index is 0.212. The lowest BCUT2D eigenvalue weighted by Crippen LogP contribution is -2.36. The molecule has 9 heteroatoms. The van der Waals surface area contributed by atoms with Crippen molar-refractivity contribution in [2.75, 3.05) is 31.6 Å². The number of hydrogen-bond donors (Lipinski definition) is 1. The Kier molecular flexibility index (Phi) is 6.84. The maximum atomic E-state index is 12.8. The van der Waals surface area contributed by atoms with Gasteiger partial charge in [-0.1, -0.05) is 12.1 Å². The van der Waals surface area contributed by atoms with Crippen molar-refractivity contribution in [1.82, 2.24) is 4.90 Å². The van der Waals surface area contributed by atoms with E-state index >= 15 is 0 Å². The number of carbonyl (C=O) groups excluding carboxylic acids is 2. The number of carbonyl (C=O) groups is 2. The van der Waals surface area contributed by atoms with Crippen LogP contribution >= 0.6 is 0 Å². The average Bonchev–Trinajstić information content (AvgIpc) is 2.75. The Morgan fingerprint density at radius 2 is 1.84 bits per heavy atom. The monoisotopic (exact) mass is 434 g/mol. The van der Waals surface area contributed by atoms with E-state index in [1.807, 2.05) is 0 Å². The zero-order chi connectivity index (χ0) is 22.4. The molecule has 0 radical (unpaired) electrons. The lowest BCUT2D eigenvalue weighted by atomic mass is 10.1. The Bertz CT molecular complexity index is 989. The normalized spacial score (nSPS) is 13.2. The summed E-state index contributed by atoms with van der Waals surface area (Å²) in [5, 5.41) is 2.69. The molecule has 0 saturated carbocycles. The van der Waals surface area contributed by atoms with Crippen molar-refractivity contribution in [2.24, 2.45) is 0 Å². The second kappa shape index (κ2) is 9.55. The Balaban J connectivity index is 1.60. The van der Waals surface area contributed by atoms with Gasteiger partial charge in [-0.25, -0.2) is 0 Å². The van der Waals surface area contributed by atoms with Crippen LogP contribution in [0.5, 0.6) is 11.5 Å². The summed E-state index contributed by atoms with van der Waals surface area (Å²) >= 11 is 0. The minimum Gasteiger partial charge on any atom is -0.486 e. The summed E-state index contributed by atoms with van der Waals surface area (Å²) in [4.78, 5) is 26.0. The zero-order valence-corrected chi connectivity index (χ0v) is 16.7. The highest BCUT2D eigenvalue weighted by Gasteiger charge is 2.30. The van der Waals surface area contributed by atoms with Crippen LogP contribution in [0.15, 0.2) is 48.5 Å². The van der Waals surface area contributed by atoms with Gasteiger partial charge in [-0.15, -0.1) is 0 Å². The summed E-state index contributed by atoms with van der Waals surface area (Å²) in [6.07, 6.45) is -2.02. The molecule has 0 aliphatic carbocycles. The molecule has 0 atom stereocenters. The van der Waals surface area contributed by atoms with Crippen LogP contribution in [0.2, 0.25) is 0 Å². The summed E-state index contributed by atoms with van der Waals surface area (Å²) in [6, 6.07) is 9.63. The second-order valence-corrected chi connectivity index (χ2v) is 6.72. The number of halogens is 3. The van der Waals surface area contributed by atoms with Gasteiger partial charge in [-0.3, -0.25) is 9.59 Å². The van der Waals surface area contributed by atoms with Gasteiger partial charge < -0.3 is 19.7 Å². The molecular weight excluding hydrogens is 413 g/mol. The summed E-state index contributed by atoms with van der Waals surface area (Å²) in [5.41, 5.74) is -0.0644. The van der Waals surface area contributed by atoms with Crippen molar-refractivity contribution in [3.8, 4) is 11.5 Å². The van der Waals surface area contributed by atoms with Crippen LogP contribution in [0.4, 0.5) is 18.9 Å². The van der Waals surface area contributed by atoms with Gasteiger partial charge in [0.1, 0.15) is 19.8 Å². The van der Waals surface area contributed by atoms with Crippen LogP contribution in [0, 0.1) is 0 Å². The Morgan fingerprint density at radius 3 is 2.55 bits per heavy atom. The maximum absolute atomic E-state index is 12.8. The fraction of sp³-hybridized carbons (Fsp3) is 0.273. The molecule has 1 aliphatic rings. The fourth-order valence-electron chi connectivity index (χ4n) is 2.93. The van der Waals surface area contributed by atoms with Crippen molar-refractivity contribution in [1.29, 1.82) is 0 Å². The maximum Gasteiger partial charge on any atom is 0.416 e. The van der Waals surface area contributed by atoms with Crippen LogP contribution in [0.3, 0.4) is 0 Å². The third kappa shape index (κ3) is 6.00. The Hall–Kier alpha value is -3.49. The van der Waals surface area contributed by atoms with Crippen molar-refractivity contribution < 1.29 is 32.2 Å². The smallest absolute Gasteiger partial charge is 0.416 e. The molecule has 0 aromatic heterocycles. The number of hydrogen-bond acceptors (Lipinski definition) is 4. The first-order valence-electron chi connectivity index (χ1n) is 9.60. The van der Waals surface area contributed by atoms with E-state index in [9.17, 15) is 22.8 Å². The molecule has 0 saturated heterocycles. The van der Waals surface area contributed by atoms with E-state index in [-0.39, 0.29) is 18.7 Å². The lowest BCUT2D eigenvalue weighted by molar-refractivity contribution is -0.137. The fourth-order valence-corrected chi connectivity index (χ4v) is 2.93. The van der Waals surface area contributed by atoms with Gasteiger partial charge in [-0.05, 0) is 42.8 Å². The first-order valence-corrected chi connectivity index (χ1v) is 9.60. The van der Waals surface area contributed by atoms with E-state index in [4.69, 9.17) is 9.47 Å². The van der Waals surface area contributed by atoms with Crippen molar-refractivity contribution in [3.63, 3.8) is 0 Å². The standard InChI is InChI=1S/C22H21F3N2O4/c1-2-27(21(29)9-6-15-4-3-5-16(12-15)22(23,24)25)14-20(28)26-17-7-8-18-19(13-17)31-11-10-30-18/h3-9,12-13H,2,10-11,14H2,1H3,(H,26,28)/b9-6+. The third-order valence-corrected chi connectivity index (χ3v) is 4.49. The SMILES string of the molecule is CCN(CC(=O)Nc1ccc2c(c1)OCCO2)C(=O)/C=C/c1cccc(C(F)(F)F)c1. The quantitative estimate of drug-likeness (QED) is 0.699. The molecule has 1 heterocycles. The molecule has 6 nitrogen and oxygen atoms in total. The summed E-state index contributed by atoms with van der Waals surface area (Å²) in [6.45, 7) is 2.62. The van der Waals surface area contributed by atoms with Crippen molar-refractivity contribution >= 4 is 23.6 Å². The summed E-state index contributed by atoms with van der Waals surface area (Å²) in [5.74, 6) is 0.211. The van der Waals surface area contributed by atoms with Gasteiger partial charge >= 0.3 is 6.18 Å². The highest BCUT2D eigenvalue weighted by Crippen LogP contribution is 2.32.